The molecule has 54 valence electrons. The van der Waals surface area contributed by atoms with Crippen LogP contribution in [0, 0.1) is 0 Å². The fraction of sp³-hybridized carbons (Fsp3) is 0.375. The van der Waals surface area contributed by atoms with Crippen LogP contribution in [0.4, 0.5) is 0 Å². The number of rotatable bonds is 1. The molecule has 1 rings (SSSR count). The number of nitrogens with zero attached hydrogens (tertiary/aromatic N) is 2. The Morgan fingerprint density at radius 2 is 2.50 bits per heavy atom. The van der Waals surface area contributed by atoms with E-state index in [1.807, 2.05) is 11.1 Å². The third kappa shape index (κ3) is 1.26. The van der Waals surface area contributed by atoms with Gasteiger partial charge in [-0.1, -0.05) is 6.58 Å². The summed E-state index contributed by atoms with van der Waals surface area (Å²) < 4.78 is 7.21. The Morgan fingerprint density at radius 1 is 1.80 bits per heavy atom. The second kappa shape index (κ2) is 2.69. The molecule has 2 nitrogen and oxygen atoms in total. The molecule has 0 saturated heterocycles. The first-order valence-corrected chi connectivity index (χ1v) is 3.32. The number of aliphatic imine (C=N–C) groups is 1. The fourth-order valence-electron chi connectivity index (χ4n) is 0.839. The molecule has 0 aromatic rings. The van der Waals surface area contributed by atoms with E-state index < -0.39 is 0 Å². The first-order valence-electron chi connectivity index (χ1n) is 3.82. The predicted molar refractivity (Wildman–Crippen MR) is 43.7 cm³/mol. The van der Waals surface area contributed by atoms with Crippen molar-refractivity contribution in [3.63, 3.8) is 0 Å². The van der Waals surface area contributed by atoms with Gasteiger partial charge in [-0.15, -0.1) is 0 Å². The van der Waals surface area contributed by atoms with Crippen LogP contribution in [0.15, 0.2) is 29.7 Å². The zero-order valence-electron chi connectivity index (χ0n) is 7.33. The second-order valence-corrected chi connectivity index (χ2v) is 2.47. The molecule has 0 aromatic heterocycles. The van der Waals surface area contributed by atoms with Gasteiger partial charge in [-0.3, -0.25) is 0 Å². The smallest absolute Gasteiger partial charge is 0.125 e. The van der Waals surface area contributed by atoms with Gasteiger partial charge in [0.15, 0.2) is 0 Å². The molecule has 0 N–H and O–H groups in total. The van der Waals surface area contributed by atoms with Gasteiger partial charge in [0.1, 0.15) is 5.82 Å². The van der Waals surface area contributed by atoms with E-state index >= 15 is 0 Å². The van der Waals surface area contributed by atoms with Crippen molar-refractivity contribution in [2.45, 2.75) is 19.9 Å². The first-order chi connectivity index (χ1) is 5.11. The quantitative estimate of drug-likeness (QED) is 0.539. The van der Waals surface area contributed by atoms with Crippen LogP contribution >= 0.6 is 0 Å². The minimum absolute atomic E-state index is 0.270. The molecular formula is C8H12N2. The minimum atomic E-state index is 0.270. The van der Waals surface area contributed by atoms with Crippen molar-refractivity contribution in [1.82, 2.24) is 4.90 Å². The second-order valence-electron chi connectivity index (χ2n) is 2.47. The van der Waals surface area contributed by atoms with Crippen molar-refractivity contribution in [2.24, 2.45) is 4.99 Å². The fourth-order valence-corrected chi connectivity index (χ4v) is 0.839. The number of allylic oxidation sites excluding steroid dienone is 1. The van der Waals surface area contributed by atoms with Gasteiger partial charge < -0.3 is 4.90 Å². The molecule has 0 radical (unpaired) electrons. The molecule has 0 spiro atoms. The highest BCUT2D eigenvalue weighted by Gasteiger charge is 2.07. The summed E-state index contributed by atoms with van der Waals surface area (Å²) in [5, 5.41) is 0. The van der Waals surface area contributed by atoms with Crippen LogP contribution in [-0.2, 0) is 0 Å². The summed E-state index contributed by atoms with van der Waals surface area (Å²) in [6.45, 7) is 7.85. The topological polar surface area (TPSA) is 15.6 Å². The van der Waals surface area contributed by atoms with E-state index in [1.165, 1.54) is 0 Å². The van der Waals surface area contributed by atoms with Gasteiger partial charge in [0, 0.05) is 18.4 Å². The van der Waals surface area contributed by atoms with Crippen LogP contribution in [0.25, 0.3) is 0 Å². The van der Waals surface area contributed by atoms with Crippen molar-refractivity contribution in [1.29, 1.82) is 0 Å². The molecule has 2 heteroatoms. The molecule has 0 saturated carbocycles. The van der Waals surface area contributed by atoms with E-state index in [0.717, 1.165) is 0 Å². The largest absolute Gasteiger partial charge is 0.331 e. The normalized spacial score (nSPS) is 19.5. The van der Waals surface area contributed by atoms with E-state index in [1.54, 1.807) is 6.08 Å². The summed E-state index contributed by atoms with van der Waals surface area (Å²) in [7, 11) is 0. The summed E-state index contributed by atoms with van der Waals surface area (Å²) in [6, 6.07) is 0.357. The van der Waals surface area contributed by atoms with Crippen LogP contribution in [-0.4, -0.2) is 17.1 Å². The lowest BCUT2D eigenvalue weighted by Gasteiger charge is -2.25. The maximum atomic E-state index is 7.21. The molecule has 0 unspecified atom stereocenters. The molecule has 10 heavy (non-hydrogen) atoms. The Bertz CT molecular complexity index is 228. The maximum absolute atomic E-state index is 7.21. The standard InChI is InChI=1S/C8H12N2/c1-7(2)10-6-4-5-9-8(10)3/h4-7H,3H2,1-2H3/i5T. The summed E-state index contributed by atoms with van der Waals surface area (Å²) in [5.41, 5.74) is 0. The summed E-state index contributed by atoms with van der Waals surface area (Å²) in [4.78, 5) is 5.84. The maximum Gasteiger partial charge on any atom is 0.125 e. The predicted octanol–water partition coefficient (Wildman–Crippen LogP) is 1.77. The summed E-state index contributed by atoms with van der Waals surface area (Å²) in [6.07, 6.45) is 3.77. The number of hydrogen-bond acceptors (Lipinski definition) is 2. The average Bonchev–Trinajstić information content (AvgIpc) is 1.85. The molecule has 1 aliphatic heterocycles. The van der Waals surface area contributed by atoms with Crippen LogP contribution in [0.5, 0.6) is 0 Å². The highest BCUT2D eigenvalue weighted by atomic mass is 15.2. The molecule has 0 atom stereocenters. The minimum Gasteiger partial charge on any atom is -0.331 e. The van der Waals surface area contributed by atoms with Crippen LogP contribution in [0.3, 0.4) is 0 Å². The van der Waals surface area contributed by atoms with Gasteiger partial charge in [-0.25, -0.2) is 4.99 Å². The van der Waals surface area contributed by atoms with E-state index in [9.17, 15) is 0 Å². The highest BCUT2D eigenvalue weighted by molar-refractivity contribution is 5.73. The van der Waals surface area contributed by atoms with E-state index in [2.05, 4.69) is 25.4 Å². The van der Waals surface area contributed by atoms with E-state index in [4.69, 9.17) is 1.37 Å². The van der Waals surface area contributed by atoms with Crippen LogP contribution in [0.2, 0.25) is 0 Å². The van der Waals surface area contributed by atoms with Crippen LogP contribution in [0.1, 0.15) is 15.2 Å². The van der Waals surface area contributed by atoms with Crippen molar-refractivity contribution >= 4 is 6.19 Å². The monoisotopic (exact) mass is 138 g/mol. The molecule has 0 aromatic carbocycles. The Morgan fingerprint density at radius 3 is 3.00 bits per heavy atom. The highest BCUT2D eigenvalue weighted by Crippen LogP contribution is 2.11. The summed E-state index contributed by atoms with van der Waals surface area (Å²) in [5.74, 6) is 0.646. The van der Waals surface area contributed by atoms with Gasteiger partial charge in [0.05, 0.1) is 1.37 Å². The molecule has 0 aliphatic carbocycles. The van der Waals surface area contributed by atoms with Gasteiger partial charge in [-0.2, -0.15) is 0 Å². The first kappa shape index (κ1) is 5.71. The molecule has 1 heterocycles. The average molecular weight is 138 g/mol. The van der Waals surface area contributed by atoms with Crippen molar-refractivity contribution < 1.29 is 1.37 Å². The van der Waals surface area contributed by atoms with Gasteiger partial charge >= 0.3 is 0 Å². The number of hydrogen-bond donors (Lipinski definition) is 0. The Balaban J connectivity index is 2.77. The van der Waals surface area contributed by atoms with Crippen molar-refractivity contribution in [3.05, 3.63) is 24.7 Å². The molecule has 0 amide bonds. The molecule has 0 fully saturated rings. The van der Waals surface area contributed by atoms with Crippen molar-refractivity contribution in [2.75, 3.05) is 0 Å². The molecule has 1 aliphatic rings. The summed E-state index contributed by atoms with van der Waals surface area (Å²) >= 11 is 0. The Hall–Kier alpha value is -1.05. The zero-order chi connectivity index (χ0) is 8.43. The van der Waals surface area contributed by atoms with Gasteiger partial charge in [0.25, 0.3) is 0 Å². The van der Waals surface area contributed by atoms with E-state index in [0.29, 0.717) is 11.9 Å². The van der Waals surface area contributed by atoms with Gasteiger partial charge in [-0.05, 0) is 19.9 Å². The zero-order valence-corrected chi connectivity index (χ0v) is 6.33. The third-order valence-electron chi connectivity index (χ3n) is 1.36. The SMILES string of the molecule is [3H]C1=NC(=C)N(C(C)C)C=C1. The lowest BCUT2D eigenvalue weighted by Crippen LogP contribution is -2.24. The van der Waals surface area contributed by atoms with E-state index in [-0.39, 0.29) is 6.19 Å². The van der Waals surface area contributed by atoms with Crippen molar-refractivity contribution in [3.8, 4) is 0 Å². The molecule has 0 bridgehead atoms. The van der Waals surface area contributed by atoms with Gasteiger partial charge in [0.2, 0.25) is 0 Å². The lowest BCUT2D eigenvalue weighted by atomic mass is 10.3. The third-order valence-corrected chi connectivity index (χ3v) is 1.36. The van der Waals surface area contributed by atoms with Crippen LogP contribution < -0.4 is 0 Å². The Labute approximate surface area is 63.0 Å². The lowest BCUT2D eigenvalue weighted by molar-refractivity contribution is 0.381. The molecular weight excluding hydrogens is 124 g/mol. The Kier molecular flexibility index (Phi) is 1.54.